The highest BCUT2D eigenvalue weighted by atomic mass is 19.1. The van der Waals surface area contributed by atoms with Crippen molar-refractivity contribution in [3.63, 3.8) is 0 Å². The Labute approximate surface area is 191 Å². The molecule has 0 bridgehead atoms. The predicted molar refractivity (Wildman–Crippen MR) is 126 cm³/mol. The molecule has 0 N–H and O–H groups in total. The molecular weight excluding hydrogens is 400 g/mol. The lowest BCUT2D eigenvalue weighted by Gasteiger charge is -2.30. The fraction of sp³-hybridized carbons (Fsp3) is 0.552. The van der Waals surface area contributed by atoms with Gasteiger partial charge in [0.2, 0.25) is 0 Å². The van der Waals surface area contributed by atoms with E-state index >= 15 is 4.39 Å². The number of hydrogen-bond donors (Lipinski definition) is 0. The molecule has 3 heteroatoms. The van der Waals surface area contributed by atoms with Crippen molar-refractivity contribution in [1.29, 1.82) is 5.26 Å². The van der Waals surface area contributed by atoms with E-state index in [0.717, 1.165) is 29.0 Å². The minimum atomic E-state index is -0.389. The van der Waals surface area contributed by atoms with Crippen LogP contribution in [0, 0.1) is 28.9 Å². The summed E-state index contributed by atoms with van der Waals surface area (Å²) in [5.74, 6) is 0.919. The van der Waals surface area contributed by atoms with Crippen LogP contribution in [-0.4, -0.2) is 0 Å². The van der Waals surface area contributed by atoms with E-state index in [1.165, 1.54) is 57.8 Å². The Morgan fingerprint density at radius 2 is 1.75 bits per heavy atom. The molecule has 0 saturated heterocycles. The molecular formula is C29H35F2N. The lowest BCUT2D eigenvalue weighted by molar-refractivity contribution is 0.301. The van der Waals surface area contributed by atoms with Gasteiger partial charge in [0.25, 0.3) is 0 Å². The van der Waals surface area contributed by atoms with Gasteiger partial charge >= 0.3 is 0 Å². The van der Waals surface area contributed by atoms with E-state index < -0.39 is 0 Å². The zero-order valence-electron chi connectivity index (χ0n) is 19.3. The molecule has 1 atom stereocenters. The Balaban J connectivity index is 1.37. The fourth-order valence-electron chi connectivity index (χ4n) is 5.93. The lowest BCUT2D eigenvalue weighted by atomic mass is 9.76. The van der Waals surface area contributed by atoms with Gasteiger partial charge in [-0.1, -0.05) is 57.2 Å². The number of fused-ring (bicyclic) bond motifs is 1. The summed E-state index contributed by atoms with van der Waals surface area (Å²) in [4.78, 5) is 0. The summed E-state index contributed by atoms with van der Waals surface area (Å²) in [6, 6.07) is 11.2. The number of benzene rings is 2. The van der Waals surface area contributed by atoms with Crippen LogP contribution in [0.4, 0.5) is 8.78 Å². The number of halogens is 2. The molecule has 0 aliphatic heterocycles. The van der Waals surface area contributed by atoms with Crippen LogP contribution in [0.5, 0.6) is 0 Å². The van der Waals surface area contributed by atoms with E-state index in [1.54, 1.807) is 12.1 Å². The van der Waals surface area contributed by atoms with Gasteiger partial charge in [-0.3, -0.25) is 0 Å². The highest BCUT2D eigenvalue weighted by Crippen LogP contribution is 2.40. The van der Waals surface area contributed by atoms with Gasteiger partial charge in [0.15, 0.2) is 0 Å². The van der Waals surface area contributed by atoms with Gasteiger partial charge < -0.3 is 0 Å². The standard InChI is InChI=1S/C29H35F2N/c1-2-3-4-5-6-20-7-9-21(10-8-20)22-13-15-26(28(30)18-22)23-14-16-27-24(17-23)11-12-25(19-32)29(27)31/h11-13,15,18,20-21,23H,2-10,14,16-17H2,1H3. The van der Waals surface area contributed by atoms with E-state index in [1.807, 2.05) is 18.2 Å². The molecule has 2 aliphatic rings. The molecule has 1 unspecified atom stereocenters. The van der Waals surface area contributed by atoms with Crippen LogP contribution >= 0.6 is 0 Å². The maximum Gasteiger partial charge on any atom is 0.144 e. The molecule has 1 nitrogen and oxygen atoms in total. The van der Waals surface area contributed by atoms with Crippen molar-refractivity contribution < 1.29 is 8.78 Å². The van der Waals surface area contributed by atoms with Gasteiger partial charge in [0.1, 0.15) is 17.7 Å². The van der Waals surface area contributed by atoms with Gasteiger partial charge in [-0.05, 0) is 97.1 Å². The second-order valence-corrected chi connectivity index (χ2v) is 9.96. The van der Waals surface area contributed by atoms with E-state index in [9.17, 15) is 4.39 Å². The number of rotatable bonds is 7. The lowest BCUT2D eigenvalue weighted by Crippen LogP contribution is -2.17. The average Bonchev–Trinajstić information content (AvgIpc) is 2.82. The van der Waals surface area contributed by atoms with Crippen LogP contribution < -0.4 is 0 Å². The summed E-state index contributed by atoms with van der Waals surface area (Å²) in [5, 5.41) is 9.05. The third-order valence-electron chi connectivity index (χ3n) is 7.92. The van der Waals surface area contributed by atoms with Crippen molar-refractivity contribution in [1.82, 2.24) is 0 Å². The van der Waals surface area contributed by atoms with Crippen molar-refractivity contribution in [2.45, 2.75) is 95.8 Å². The third kappa shape index (κ3) is 5.06. The monoisotopic (exact) mass is 435 g/mol. The molecule has 1 fully saturated rings. The van der Waals surface area contributed by atoms with Crippen molar-refractivity contribution in [2.24, 2.45) is 5.92 Å². The third-order valence-corrected chi connectivity index (χ3v) is 7.92. The van der Waals surface area contributed by atoms with Crippen molar-refractivity contribution in [2.75, 3.05) is 0 Å². The van der Waals surface area contributed by atoms with Gasteiger partial charge in [0, 0.05) is 0 Å². The minimum Gasteiger partial charge on any atom is -0.207 e. The van der Waals surface area contributed by atoms with Crippen molar-refractivity contribution in [3.05, 3.63) is 69.8 Å². The summed E-state index contributed by atoms with van der Waals surface area (Å²) >= 11 is 0. The van der Waals surface area contributed by atoms with Gasteiger partial charge in [-0.2, -0.15) is 5.26 Å². The zero-order chi connectivity index (χ0) is 22.5. The molecule has 2 aliphatic carbocycles. The molecule has 170 valence electrons. The summed E-state index contributed by atoms with van der Waals surface area (Å²) in [5.41, 5.74) is 3.57. The number of nitrogens with zero attached hydrogens (tertiary/aromatic N) is 1. The Hall–Kier alpha value is -2.21. The molecule has 2 aromatic rings. The highest BCUT2D eigenvalue weighted by molar-refractivity contribution is 5.43. The molecule has 0 heterocycles. The molecule has 0 radical (unpaired) electrons. The zero-order valence-corrected chi connectivity index (χ0v) is 19.3. The first kappa shape index (κ1) is 23.0. The molecule has 0 spiro atoms. The molecule has 1 saturated carbocycles. The molecule has 4 rings (SSSR count). The maximum absolute atomic E-state index is 15.2. The molecule has 32 heavy (non-hydrogen) atoms. The number of unbranched alkanes of at least 4 members (excludes halogenated alkanes) is 3. The fourth-order valence-corrected chi connectivity index (χ4v) is 5.93. The first-order valence-electron chi connectivity index (χ1n) is 12.6. The van der Waals surface area contributed by atoms with Crippen LogP contribution in [0.2, 0.25) is 0 Å². The Morgan fingerprint density at radius 3 is 2.47 bits per heavy atom. The summed E-state index contributed by atoms with van der Waals surface area (Å²) in [7, 11) is 0. The first-order chi connectivity index (χ1) is 15.6. The number of hydrogen-bond acceptors (Lipinski definition) is 1. The van der Waals surface area contributed by atoms with Gasteiger partial charge in [-0.15, -0.1) is 0 Å². The Bertz CT molecular complexity index is 966. The summed E-state index contributed by atoms with van der Waals surface area (Å²) < 4.78 is 29.6. The molecule has 0 amide bonds. The van der Waals surface area contributed by atoms with E-state index in [2.05, 4.69) is 13.0 Å². The second-order valence-electron chi connectivity index (χ2n) is 9.96. The Morgan fingerprint density at radius 1 is 0.938 bits per heavy atom. The summed E-state index contributed by atoms with van der Waals surface area (Å²) in [6.45, 7) is 2.26. The Kier molecular flexibility index (Phi) is 7.61. The van der Waals surface area contributed by atoms with E-state index in [0.29, 0.717) is 24.3 Å². The average molecular weight is 436 g/mol. The first-order valence-corrected chi connectivity index (χ1v) is 12.6. The summed E-state index contributed by atoms with van der Waals surface area (Å²) in [6.07, 6.45) is 13.5. The normalized spacial score (nSPS) is 22.9. The van der Waals surface area contributed by atoms with Crippen LogP contribution in [0.1, 0.15) is 111 Å². The smallest absolute Gasteiger partial charge is 0.144 e. The van der Waals surface area contributed by atoms with Crippen LogP contribution in [0.25, 0.3) is 0 Å². The largest absolute Gasteiger partial charge is 0.207 e. The molecule has 0 aromatic heterocycles. The van der Waals surface area contributed by atoms with Crippen molar-refractivity contribution in [3.8, 4) is 6.07 Å². The SMILES string of the molecule is CCCCCCC1CCC(c2ccc(C3CCc4c(ccc(C#N)c4F)C3)c(F)c2)CC1. The van der Waals surface area contributed by atoms with Crippen molar-refractivity contribution >= 4 is 0 Å². The topological polar surface area (TPSA) is 23.8 Å². The highest BCUT2D eigenvalue weighted by Gasteiger charge is 2.27. The van der Waals surface area contributed by atoms with Gasteiger partial charge in [0.05, 0.1) is 5.56 Å². The van der Waals surface area contributed by atoms with Crippen LogP contribution in [0.3, 0.4) is 0 Å². The molecule has 2 aromatic carbocycles. The van der Waals surface area contributed by atoms with Crippen LogP contribution in [0.15, 0.2) is 30.3 Å². The second kappa shape index (κ2) is 10.6. The predicted octanol–water partition coefficient (Wildman–Crippen LogP) is 8.35. The van der Waals surface area contributed by atoms with E-state index in [4.69, 9.17) is 5.26 Å². The quantitative estimate of drug-likeness (QED) is 0.401. The maximum atomic E-state index is 15.2. The minimum absolute atomic E-state index is 0.0720. The van der Waals surface area contributed by atoms with Crippen LogP contribution in [-0.2, 0) is 12.8 Å². The van der Waals surface area contributed by atoms with Gasteiger partial charge in [-0.25, -0.2) is 8.78 Å². The van der Waals surface area contributed by atoms with E-state index in [-0.39, 0.29) is 23.1 Å². The number of nitriles is 1.